The number of halogens is 1. The van der Waals surface area contributed by atoms with Crippen LogP contribution < -0.4 is 23.5 Å². The van der Waals surface area contributed by atoms with Gasteiger partial charge >= 0.3 is 5.84 Å². The van der Waals surface area contributed by atoms with Crippen LogP contribution in [0.15, 0.2) is 0 Å². The molecule has 30 valence electrons. The number of nitrogens with zero attached hydrogens (tertiary/aromatic N) is 1. The molecule has 5 heavy (non-hydrogen) atoms. The van der Waals surface area contributed by atoms with Crippen molar-refractivity contribution in [3.8, 4) is 0 Å². The molecule has 0 aromatic carbocycles. The van der Waals surface area contributed by atoms with Gasteiger partial charge in [0.1, 0.15) is 0 Å². The lowest BCUT2D eigenvalue weighted by Gasteiger charge is -1.47. The standard InChI is InChI=1S/C2H5N2.ClH/c1-2(3)4;/h3H2,1H3;1H/q+1;/p-1. The highest BCUT2D eigenvalue weighted by Gasteiger charge is 1.74. The number of amidine groups is 1. The van der Waals surface area contributed by atoms with Crippen molar-refractivity contribution in [2.45, 2.75) is 6.92 Å². The van der Waals surface area contributed by atoms with Crippen LogP contribution in [0.1, 0.15) is 6.92 Å². The van der Waals surface area contributed by atoms with Gasteiger partial charge < -0.3 is 12.4 Å². The Balaban J connectivity index is 0. The average Bonchev–Trinajstić information content (AvgIpc) is 0.811. The Hall–Kier alpha value is -0.240. The molecule has 0 amide bonds. The van der Waals surface area contributed by atoms with Crippen LogP contribution in [0.5, 0.6) is 0 Å². The smallest absolute Gasteiger partial charge is 0.340 e. The first-order valence-corrected chi connectivity index (χ1v) is 1.01. The Kier molecular flexibility index (Phi) is 6.64. The highest BCUT2D eigenvalue weighted by molar-refractivity contribution is 5.74. The zero-order valence-corrected chi connectivity index (χ0v) is 3.66. The second kappa shape index (κ2) is 3.76. The Morgan fingerprint density at radius 3 is 1.80 bits per heavy atom. The average molecular weight is 92.5 g/mol. The van der Waals surface area contributed by atoms with Crippen molar-refractivity contribution in [3.05, 3.63) is 0 Å². The van der Waals surface area contributed by atoms with Crippen molar-refractivity contribution in [3.63, 3.8) is 0 Å². The fourth-order valence-corrected chi connectivity index (χ4v) is 0. The van der Waals surface area contributed by atoms with E-state index >= 15 is 0 Å². The van der Waals surface area contributed by atoms with E-state index in [1.807, 2.05) is 0 Å². The van der Waals surface area contributed by atoms with Crippen LogP contribution in [-0.2, 0) is 0 Å². The summed E-state index contributed by atoms with van der Waals surface area (Å²) in [6, 6.07) is 0. The fourth-order valence-electron chi connectivity index (χ4n) is 0. The molecule has 0 aliphatic heterocycles. The van der Waals surface area contributed by atoms with Crippen molar-refractivity contribution < 1.29 is 12.4 Å². The Morgan fingerprint density at radius 1 is 1.80 bits per heavy atom. The number of hydrogen-bond donors (Lipinski definition) is 1. The molecule has 0 heterocycles. The Morgan fingerprint density at radius 2 is 1.80 bits per heavy atom. The van der Waals surface area contributed by atoms with Crippen molar-refractivity contribution in [2.75, 3.05) is 0 Å². The molecule has 0 atom stereocenters. The molecule has 0 aliphatic rings. The molecule has 0 aliphatic carbocycles. The predicted octanol–water partition coefficient (Wildman–Crippen LogP) is -3.83. The van der Waals surface area contributed by atoms with Crippen LogP contribution in [0.25, 0.3) is 0 Å². The maximum atomic E-state index is 7.75. The van der Waals surface area contributed by atoms with E-state index in [-0.39, 0.29) is 18.2 Å². The molecule has 0 saturated carbocycles. The van der Waals surface area contributed by atoms with E-state index in [1.54, 1.807) is 0 Å². The first-order valence-electron chi connectivity index (χ1n) is 1.01. The topological polar surface area (TPSA) is 48.3 Å². The highest BCUT2D eigenvalue weighted by Crippen LogP contribution is 1.30. The van der Waals surface area contributed by atoms with Gasteiger partial charge in [0.15, 0.2) is 5.41 Å². The van der Waals surface area contributed by atoms with E-state index in [4.69, 9.17) is 5.41 Å². The molecule has 0 rings (SSSR count). The third-order valence-corrected chi connectivity index (χ3v) is 0. The van der Waals surface area contributed by atoms with Crippen molar-refractivity contribution in [2.24, 2.45) is 5.73 Å². The first-order chi connectivity index (χ1) is 1.73. The van der Waals surface area contributed by atoms with Gasteiger partial charge in [0, 0.05) is 6.92 Å². The lowest BCUT2D eigenvalue weighted by atomic mass is 10.8. The van der Waals surface area contributed by atoms with Crippen LogP contribution in [-0.4, -0.2) is 5.84 Å². The number of rotatable bonds is 0. The van der Waals surface area contributed by atoms with E-state index in [0.29, 0.717) is 0 Å². The molecular formula is C2H5ClN2. The van der Waals surface area contributed by atoms with Crippen molar-refractivity contribution in [1.82, 2.24) is 5.41 Å². The van der Waals surface area contributed by atoms with Crippen LogP contribution in [0.4, 0.5) is 0 Å². The van der Waals surface area contributed by atoms with Gasteiger partial charge in [-0.2, -0.15) is 0 Å². The van der Waals surface area contributed by atoms with Crippen molar-refractivity contribution in [1.29, 1.82) is 0 Å². The Labute approximate surface area is 37.3 Å². The summed E-state index contributed by atoms with van der Waals surface area (Å²) in [5, 5.41) is 7.75. The summed E-state index contributed by atoms with van der Waals surface area (Å²) in [5.74, 6) is -0.0833. The number of nitrogens with two attached hydrogens (primary N) is 1. The molecule has 2 radical (unpaired) electrons. The van der Waals surface area contributed by atoms with Crippen molar-refractivity contribution >= 4 is 5.84 Å². The summed E-state index contributed by atoms with van der Waals surface area (Å²) in [4.78, 5) is 0. The zero-order valence-electron chi connectivity index (χ0n) is 2.90. The van der Waals surface area contributed by atoms with Gasteiger partial charge in [-0.05, 0) is 0 Å². The second-order valence-electron chi connectivity index (χ2n) is 0.641. The van der Waals surface area contributed by atoms with Gasteiger partial charge in [-0.3, -0.25) is 5.73 Å². The third kappa shape index (κ3) is 202. The minimum absolute atomic E-state index is 0. The fraction of sp³-hybridized carbons (Fsp3) is 0.500. The molecule has 0 aromatic heterocycles. The largest absolute Gasteiger partial charge is 1.00 e. The molecule has 0 spiro atoms. The maximum absolute atomic E-state index is 7.75. The van der Waals surface area contributed by atoms with Gasteiger partial charge in [-0.15, -0.1) is 0 Å². The molecule has 2 N–H and O–H groups in total. The molecular weight excluding hydrogens is 87.5 g/mol. The molecule has 0 fully saturated rings. The molecule has 0 bridgehead atoms. The van der Waals surface area contributed by atoms with E-state index in [1.165, 1.54) is 6.92 Å². The molecule has 0 unspecified atom stereocenters. The third-order valence-electron chi connectivity index (χ3n) is 0. The normalized spacial score (nSPS) is 5.00. The summed E-state index contributed by atoms with van der Waals surface area (Å²) in [7, 11) is 0. The lowest BCUT2D eigenvalue weighted by Crippen LogP contribution is -3.00. The summed E-state index contributed by atoms with van der Waals surface area (Å²) in [5.41, 5.74) is 4.58. The molecule has 0 saturated heterocycles. The predicted molar refractivity (Wildman–Crippen MR) is 17.0 cm³/mol. The summed E-state index contributed by atoms with van der Waals surface area (Å²) in [6.07, 6.45) is 0. The molecule has 3 heteroatoms. The molecule has 0 aromatic rings. The van der Waals surface area contributed by atoms with E-state index < -0.39 is 0 Å². The van der Waals surface area contributed by atoms with Gasteiger partial charge in [0.2, 0.25) is 0 Å². The summed E-state index contributed by atoms with van der Waals surface area (Å²) < 4.78 is 0. The summed E-state index contributed by atoms with van der Waals surface area (Å²) in [6.45, 7) is 1.42. The summed E-state index contributed by atoms with van der Waals surface area (Å²) >= 11 is 0. The van der Waals surface area contributed by atoms with Gasteiger partial charge in [0.25, 0.3) is 0 Å². The first kappa shape index (κ1) is 8.83. The SMILES string of the molecule is CC(=[N+])N.[Cl-]. The van der Waals surface area contributed by atoms with Crippen LogP contribution in [0.3, 0.4) is 0 Å². The number of hydrogen-bond acceptors (Lipinski definition) is 0. The van der Waals surface area contributed by atoms with E-state index in [0.717, 1.165) is 0 Å². The quantitative estimate of drug-likeness (QED) is 0.242. The highest BCUT2D eigenvalue weighted by atomic mass is 35.5. The monoisotopic (exact) mass is 92.0 g/mol. The minimum atomic E-state index is -0.0833. The zero-order chi connectivity index (χ0) is 3.58. The van der Waals surface area contributed by atoms with E-state index in [9.17, 15) is 0 Å². The van der Waals surface area contributed by atoms with Gasteiger partial charge in [-0.1, -0.05) is 0 Å². The maximum Gasteiger partial charge on any atom is 0.340 e. The van der Waals surface area contributed by atoms with Crippen LogP contribution in [0.2, 0.25) is 0 Å². The van der Waals surface area contributed by atoms with Gasteiger partial charge in [0.05, 0.1) is 0 Å². The lowest BCUT2D eigenvalue weighted by molar-refractivity contribution is -0.00000132. The van der Waals surface area contributed by atoms with Crippen LogP contribution >= 0.6 is 0 Å². The Bertz CT molecular complexity index is 30.6. The van der Waals surface area contributed by atoms with E-state index in [2.05, 4.69) is 5.73 Å². The minimum Gasteiger partial charge on any atom is -1.00 e. The second-order valence-corrected chi connectivity index (χ2v) is 0.641. The van der Waals surface area contributed by atoms with Crippen LogP contribution in [0, 0.1) is 0 Å². The van der Waals surface area contributed by atoms with Gasteiger partial charge in [-0.25, -0.2) is 0 Å². The molecule has 2 nitrogen and oxygen atoms in total.